The zero-order chi connectivity index (χ0) is 15.2. The average Bonchev–Trinajstić information content (AvgIpc) is 2.85. The summed E-state index contributed by atoms with van der Waals surface area (Å²) in [6.45, 7) is 4.53. The summed E-state index contributed by atoms with van der Waals surface area (Å²) in [5.41, 5.74) is 0.165. The number of carbonyl (C=O) groups is 1. The van der Waals surface area contributed by atoms with Gasteiger partial charge in [-0.1, -0.05) is 6.92 Å². The van der Waals surface area contributed by atoms with Crippen LogP contribution in [-0.4, -0.2) is 27.7 Å². The van der Waals surface area contributed by atoms with Crippen molar-refractivity contribution in [2.24, 2.45) is 0 Å². The first-order valence-corrected chi connectivity index (χ1v) is 6.61. The van der Waals surface area contributed by atoms with Gasteiger partial charge >= 0.3 is 5.97 Å². The Kier molecular flexibility index (Phi) is 4.76. The highest BCUT2D eigenvalue weighted by Crippen LogP contribution is 2.16. The molecule has 7 heteroatoms. The van der Waals surface area contributed by atoms with E-state index in [4.69, 9.17) is 14.3 Å². The topological polar surface area (TPSA) is 97.5 Å². The number of aromatic carboxylic acids is 1. The molecule has 0 atom stereocenters. The predicted octanol–water partition coefficient (Wildman–Crippen LogP) is 2.48. The summed E-state index contributed by atoms with van der Waals surface area (Å²) in [6, 6.07) is 1.50. The normalized spacial score (nSPS) is 10.4. The third-order valence-corrected chi connectivity index (χ3v) is 2.71. The number of carboxylic acid groups (broad SMARTS) is 1. The van der Waals surface area contributed by atoms with Crippen LogP contribution in [0.4, 0.5) is 5.82 Å². The SMILES string of the molecule is CCCOc1cncc(NCc2cc(C(=O)O)c(C)o2)n1. The second-order valence-corrected chi connectivity index (χ2v) is 4.43. The number of aromatic nitrogens is 2. The Morgan fingerprint density at radius 2 is 2.29 bits per heavy atom. The molecule has 0 amide bonds. The molecule has 2 aromatic rings. The summed E-state index contributed by atoms with van der Waals surface area (Å²) >= 11 is 0. The zero-order valence-electron chi connectivity index (χ0n) is 11.9. The third-order valence-electron chi connectivity index (χ3n) is 2.71. The Morgan fingerprint density at radius 1 is 1.48 bits per heavy atom. The highest BCUT2D eigenvalue weighted by atomic mass is 16.5. The molecule has 0 aliphatic rings. The molecule has 0 aliphatic heterocycles. The van der Waals surface area contributed by atoms with Crippen LogP contribution in [0, 0.1) is 6.92 Å². The number of hydrogen-bond acceptors (Lipinski definition) is 6. The number of aryl methyl sites for hydroxylation is 1. The van der Waals surface area contributed by atoms with Gasteiger partial charge in [-0.25, -0.2) is 4.79 Å². The zero-order valence-corrected chi connectivity index (χ0v) is 11.9. The number of rotatable bonds is 7. The van der Waals surface area contributed by atoms with Gasteiger partial charge in [-0.05, 0) is 19.4 Å². The summed E-state index contributed by atoms with van der Waals surface area (Å²) in [6.07, 6.45) is 4.00. The van der Waals surface area contributed by atoms with Gasteiger partial charge in [0.05, 0.1) is 25.5 Å². The quantitative estimate of drug-likeness (QED) is 0.808. The summed E-state index contributed by atoms with van der Waals surface area (Å²) in [5.74, 6) is 0.882. The molecule has 0 spiro atoms. The number of anilines is 1. The van der Waals surface area contributed by atoms with Crippen molar-refractivity contribution in [3.8, 4) is 5.88 Å². The van der Waals surface area contributed by atoms with Gasteiger partial charge in [0.2, 0.25) is 5.88 Å². The fraction of sp³-hybridized carbons (Fsp3) is 0.357. The Morgan fingerprint density at radius 3 is 2.95 bits per heavy atom. The lowest BCUT2D eigenvalue weighted by Gasteiger charge is -2.06. The van der Waals surface area contributed by atoms with Crippen LogP contribution in [0.3, 0.4) is 0 Å². The van der Waals surface area contributed by atoms with Gasteiger partial charge in [0.1, 0.15) is 22.9 Å². The first-order chi connectivity index (χ1) is 10.1. The molecular weight excluding hydrogens is 274 g/mol. The monoisotopic (exact) mass is 291 g/mol. The molecule has 2 N–H and O–H groups in total. The lowest BCUT2D eigenvalue weighted by molar-refractivity contribution is 0.0695. The second-order valence-electron chi connectivity index (χ2n) is 4.43. The van der Waals surface area contributed by atoms with E-state index in [1.165, 1.54) is 6.07 Å². The first-order valence-electron chi connectivity index (χ1n) is 6.61. The lowest BCUT2D eigenvalue weighted by atomic mass is 10.2. The van der Waals surface area contributed by atoms with Crippen molar-refractivity contribution in [1.29, 1.82) is 0 Å². The van der Waals surface area contributed by atoms with Crippen LogP contribution < -0.4 is 10.1 Å². The minimum Gasteiger partial charge on any atom is -0.478 e. The van der Waals surface area contributed by atoms with E-state index in [1.807, 2.05) is 6.92 Å². The number of carboxylic acids is 1. The smallest absolute Gasteiger partial charge is 0.339 e. The molecule has 2 aromatic heterocycles. The maximum absolute atomic E-state index is 10.9. The van der Waals surface area contributed by atoms with Crippen LogP contribution >= 0.6 is 0 Å². The van der Waals surface area contributed by atoms with Crippen LogP contribution in [0.15, 0.2) is 22.9 Å². The highest BCUT2D eigenvalue weighted by Gasteiger charge is 2.13. The van der Waals surface area contributed by atoms with Gasteiger partial charge in [0.25, 0.3) is 0 Å². The van der Waals surface area contributed by atoms with E-state index in [9.17, 15) is 4.79 Å². The third kappa shape index (κ3) is 3.95. The molecule has 2 rings (SSSR count). The molecule has 0 bridgehead atoms. The highest BCUT2D eigenvalue weighted by molar-refractivity contribution is 5.88. The van der Waals surface area contributed by atoms with Crippen LogP contribution in [0.25, 0.3) is 0 Å². The number of ether oxygens (including phenoxy) is 1. The number of furan rings is 1. The average molecular weight is 291 g/mol. The van der Waals surface area contributed by atoms with Gasteiger partial charge in [0, 0.05) is 0 Å². The van der Waals surface area contributed by atoms with E-state index in [0.29, 0.717) is 36.4 Å². The van der Waals surface area contributed by atoms with E-state index < -0.39 is 5.97 Å². The van der Waals surface area contributed by atoms with E-state index >= 15 is 0 Å². The molecule has 0 fully saturated rings. The fourth-order valence-electron chi connectivity index (χ4n) is 1.73. The molecule has 21 heavy (non-hydrogen) atoms. The van der Waals surface area contributed by atoms with Crippen molar-refractivity contribution in [1.82, 2.24) is 9.97 Å². The summed E-state index contributed by atoms with van der Waals surface area (Å²) in [7, 11) is 0. The predicted molar refractivity (Wildman–Crippen MR) is 75.5 cm³/mol. The number of nitrogens with zero attached hydrogens (tertiary/aromatic N) is 2. The van der Waals surface area contributed by atoms with E-state index in [-0.39, 0.29) is 5.56 Å². The Bertz CT molecular complexity index is 624. The first kappa shape index (κ1) is 14.8. The van der Waals surface area contributed by atoms with Crippen molar-refractivity contribution in [3.63, 3.8) is 0 Å². The van der Waals surface area contributed by atoms with Crippen LogP contribution in [0.1, 0.15) is 35.2 Å². The summed E-state index contributed by atoms with van der Waals surface area (Å²) in [5, 5.41) is 12.0. The van der Waals surface area contributed by atoms with Crippen molar-refractivity contribution >= 4 is 11.8 Å². The van der Waals surface area contributed by atoms with Crippen molar-refractivity contribution < 1.29 is 19.1 Å². The van der Waals surface area contributed by atoms with Gasteiger partial charge in [-0.2, -0.15) is 4.98 Å². The number of nitrogens with one attached hydrogen (secondary N) is 1. The van der Waals surface area contributed by atoms with Gasteiger partial charge < -0.3 is 19.6 Å². The molecule has 0 unspecified atom stereocenters. The maximum Gasteiger partial charge on any atom is 0.339 e. The van der Waals surface area contributed by atoms with E-state index in [2.05, 4.69) is 15.3 Å². The molecular formula is C14H17N3O4. The molecule has 112 valence electrons. The van der Waals surface area contributed by atoms with Crippen LogP contribution in [-0.2, 0) is 6.54 Å². The van der Waals surface area contributed by atoms with Gasteiger partial charge in [0.15, 0.2) is 0 Å². The van der Waals surface area contributed by atoms with Crippen LogP contribution in [0.2, 0.25) is 0 Å². The lowest BCUT2D eigenvalue weighted by Crippen LogP contribution is -2.04. The minimum atomic E-state index is -1.00. The molecule has 0 aromatic carbocycles. The van der Waals surface area contributed by atoms with Crippen molar-refractivity contribution in [3.05, 3.63) is 35.5 Å². The Labute approximate surface area is 122 Å². The Balaban J connectivity index is 1.99. The molecule has 2 heterocycles. The van der Waals surface area contributed by atoms with E-state index in [1.54, 1.807) is 19.3 Å². The van der Waals surface area contributed by atoms with E-state index in [0.717, 1.165) is 6.42 Å². The molecule has 0 saturated carbocycles. The molecule has 0 saturated heterocycles. The Hall–Kier alpha value is -2.57. The van der Waals surface area contributed by atoms with Crippen molar-refractivity contribution in [2.75, 3.05) is 11.9 Å². The molecule has 0 radical (unpaired) electrons. The second kappa shape index (κ2) is 6.74. The summed E-state index contributed by atoms with van der Waals surface area (Å²) in [4.78, 5) is 19.2. The van der Waals surface area contributed by atoms with Gasteiger partial charge in [-0.3, -0.25) is 4.98 Å². The fourth-order valence-corrected chi connectivity index (χ4v) is 1.73. The standard InChI is InChI=1S/C14H17N3O4/c1-3-4-20-13-8-15-7-12(17-13)16-6-10-5-11(14(18)19)9(2)21-10/h5,7-8H,3-4,6H2,1-2H3,(H,16,17)(H,18,19). The van der Waals surface area contributed by atoms with Gasteiger partial charge in [-0.15, -0.1) is 0 Å². The molecule has 0 aliphatic carbocycles. The largest absolute Gasteiger partial charge is 0.478 e. The minimum absolute atomic E-state index is 0.165. The van der Waals surface area contributed by atoms with Crippen LogP contribution in [0.5, 0.6) is 5.88 Å². The maximum atomic E-state index is 10.9. The summed E-state index contributed by atoms with van der Waals surface area (Å²) < 4.78 is 10.8. The number of hydrogen-bond donors (Lipinski definition) is 2. The van der Waals surface area contributed by atoms with Crippen molar-refractivity contribution in [2.45, 2.75) is 26.8 Å². The molecule has 7 nitrogen and oxygen atoms in total.